The first-order valence-electron chi connectivity index (χ1n) is 5.08. The fraction of sp³-hybridized carbons (Fsp3) is 0.167. The Kier molecular flexibility index (Phi) is 3.10. The molecule has 94 valence electrons. The van der Waals surface area contributed by atoms with Crippen molar-refractivity contribution in [2.45, 2.75) is 13.3 Å². The van der Waals surface area contributed by atoms with Crippen LogP contribution in [0.3, 0.4) is 0 Å². The Morgan fingerprint density at radius 2 is 2.11 bits per heavy atom. The third kappa shape index (κ3) is 2.22. The van der Waals surface area contributed by atoms with Crippen molar-refractivity contribution in [2.75, 3.05) is 0 Å². The van der Waals surface area contributed by atoms with Crippen LogP contribution in [-0.4, -0.2) is 16.2 Å². The molecule has 2 aromatic rings. The molecule has 0 aliphatic carbocycles. The number of hydrogen-bond donors (Lipinski definition) is 1. The molecule has 0 unspecified atom stereocenters. The number of carbonyl (C=O) groups is 1. The predicted octanol–water partition coefficient (Wildman–Crippen LogP) is 3.29. The zero-order chi connectivity index (χ0) is 13.3. The Hall–Kier alpha value is -2.24. The van der Waals surface area contributed by atoms with Crippen LogP contribution in [0.25, 0.3) is 11.3 Å². The summed E-state index contributed by atoms with van der Waals surface area (Å²) in [5.74, 6) is -1.58. The molecule has 0 aliphatic heterocycles. The molecule has 0 spiro atoms. The van der Waals surface area contributed by atoms with E-state index < -0.39 is 12.4 Å². The number of aromatic nitrogens is 1. The van der Waals surface area contributed by atoms with Gasteiger partial charge in [-0.1, -0.05) is 17.3 Å². The molecule has 0 bridgehead atoms. The number of aryl methyl sites for hydroxylation is 1. The van der Waals surface area contributed by atoms with Gasteiger partial charge in [0.15, 0.2) is 0 Å². The van der Waals surface area contributed by atoms with Crippen LogP contribution in [0.15, 0.2) is 28.8 Å². The van der Waals surface area contributed by atoms with Gasteiger partial charge < -0.3 is 9.63 Å². The number of halogens is 2. The Morgan fingerprint density at radius 1 is 1.39 bits per heavy atom. The maximum Gasteiger partial charge on any atom is 0.374 e. The normalized spacial score (nSPS) is 10.9. The summed E-state index contributed by atoms with van der Waals surface area (Å²) in [6, 6.07) is 5.60. The molecule has 0 radical (unpaired) electrons. The van der Waals surface area contributed by atoms with Gasteiger partial charge in [-0.05, 0) is 18.6 Å². The van der Waals surface area contributed by atoms with Crippen molar-refractivity contribution < 1.29 is 23.2 Å². The second kappa shape index (κ2) is 4.56. The number of nitrogens with zero attached hydrogens (tertiary/aromatic N) is 1. The Bertz CT molecular complexity index is 593. The molecule has 4 nitrogen and oxygen atoms in total. The third-order valence-corrected chi connectivity index (χ3v) is 2.53. The highest BCUT2D eigenvalue weighted by atomic mass is 19.3. The van der Waals surface area contributed by atoms with Crippen molar-refractivity contribution in [3.05, 3.63) is 41.2 Å². The fourth-order valence-corrected chi connectivity index (χ4v) is 1.55. The molecule has 0 atom stereocenters. The zero-order valence-corrected chi connectivity index (χ0v) is 9.35. The van der Waals surface area contributed by atoms with Crippen LogP contribution in [0.2, 0.25) is 0 Å². The summed E-state index contributed by atoms with van der Waals surface area (Å²) in [6.45, 7) is 1.58. The van der Waals surface area contributed by atoms with E-state index in [1.54, 1.807) is 13.0 Å². The fourth-order valence-electron chi connectivity index (χ4n) is 1.55. The standard InChI is InChI=1S/C12H9F2NO3/c1-6-2-3-7(4-8(6)11(13)14)9-5-10(12(16)17)18-15-9/h2-5,11H,1H3,(H,16,17). The molecule has 0 saturated carbocycles. The molecule has 2 rings (SSSR count). The first kappa shape index (κ1) is 12.2. The van der Waals surface area contributed by atoms with Gasteiger partial charge in [0.1, 0.15) is 5.69 Å². The van der Waals surface area contributed by atoms with Gasteiger partial charge >= 0.3 is 5.97 Å². The third-order valence-electron chi connectivity index (χ3n) is 2.53. The lowest BCUT2D eigenvalue weighted by Crippen LogP contribution is -1.92. The van der Waals surface area contributed by atoms with Crippen molar-refractivity contribution in [3.63, 3.8) is 0 Å². The first-order valence-corrected chi connectivity index (χ1v) is 5.08. The molecule has 0 amide bonds. The molecule has 18 heavy (non-hydrogen) atoms. The summed E-state index contributed by atoms with van der Waals surface area (Å²) in [5.41, 5.74) is 0.976. The first-order chi connectivity index (χ1) is 8.49. The van der Waals surface area contributed by atoms with Crippen molar-refractivity contribution in [1.82, 2.24) is 5.16 Å². The van der Waals surface area contributed by atoms with Gasteiger partial charge in [-0.25, -0.2) is 13.6 Å². The molecular formula is C12H9F2NO3. The molecule has 6 heteroatoms. The van der Waals surface area contributed by atoms with E-state index >= 15 is 0 Å². The molecular weight excluding hydrogens is 244 g/mol. The highest BCUT2D eigenvalue weighted by molar-refractivity contribution is 5.85. The summed E-state index contributed by atoms with van der Waals surface area (Å²) in [4.78, 5) is 10.6. The van der Waals surface area contributed by atoms with Crippen LogP contribution in [0.4, 0.5) is 8.78 Å². The molecule has 1 aromatic carbocycles. The summed E-state index contributed by atoms with van der Waals surface area (Å²) in [5, 5.41) is 12.2. The van der Waals surface area contributed by atoms with Crippen LogP contribution in [-0.2, 0) is 0 Å². The minimum atomic E-state index is -2.59. The average molecular weight is 253 g/mol. The van der Waals surface area contributed by atoms with E-state index in [-0.39, 0.29) is 17.0 Å². The number of alkyl halides is 2. The molecule has 1 N–H and O–H groups in total. The predicted molar refractivity (Wildman–Crippen MR) is 58.6 cm³/mol. The quantitative estimate of drug-likeness (QED) is 0.911. The smallest absolute Gasteiger partial charge is 0.374 e. The lowest BCUT2D eigenvalue weighted by atomic mass is 10.0. The SMILES string of the molecule is Cc1ccc(-c2cc(C(=O)O)on2)cc1C(F)F. The maximum atomic E-state index is 12.7. The number of hydrogen-bond acceptors (Lipinski definition) is 3. The van der Waals surface area contributed by atoms with Crippen LogP contribution in [0, 0.1) is 6.92 Å². The Labute approximate surface area is 101 Å². The van der Waals surface area contributed by atoms with Gasteiger partial charge in [-0.2, -0.15) is 0 Å². The monoisotopic (exact) mass is 253 g/mol. The molecule has 1 heterocycles. The van der Waals surface area contributed by atoms with Gasteiger partial charge in [0.25, 0.3) is 6.43 Å². The van der Waals surface area contributed by atoms with E-state index in [9.17, 15) is 13.6 Å². The van der Waals surface area contributed by atoms with Gasteiger partial charge in [0, 0.05) is 17.2 Å². The van der Waals surface area contributed by atoms with Crippen molar-refractivity contribution in [2.24, 2.45) is 0 Å². The van der Waals surface area contributed by atoms with E-state index in [4.69, 9.17) is 5.11 Å². The number of carboxylic acids is 1. The highest BCUT2D eigenvalue weighted by Gasteiger charge is 2.15. The Morgan fingerprint density at radius 3 is 2.67 bits per heavy atom. The number of benzene rings is 1. The van der Waals surface area contributed by atoms with Crippen LogP contribution >= 0.6 is 0 Å². The summed E-state index contributed by atoms with van der Waals surface area (Å²) in [7, 11) is 0. The van der Waals surface area contributed by atoms with E-state index in [1.165, 1.54) is 18.2 Å². The number of rotatable bonds is 3. The van der Waals surface area contributed by atoms with Gasteiger partial charge in [0.2, 0.25) is 5.76 Å². The number of aromatic carboxylic acids is 1. The highest BCUT2D eigenvalue weighted by Crippen LogP contribution is 2.28. The van der Waals surface area contributed by atoms with Crippen molar-refractivity contribution in [3.8, 4) is 11.3 Å². The van der Waals surface area contributed by atoms with Crippen LogP contribution in [0.1, 0.15) is 28.1 Å². The van der Waals surface area contributed by atoms with Crippen LogP contribution in [0.5, 0.6) is 0 Å². The van der Waals surface area contributed by atoms with Gasteiger partial charge in [0.05, 0.1) is 0 Å². The lowest BCUT2D eigenvalue weighted by Gasteiger charge is -2.05. The number of carboxylic acid groups (broad SMARTS) is 1. The minimum Gasteiger partial charge on any atom is -0.475 e. The van der Waals surface area contributed by atoms with E-state index in [1.807, 2.05) is 0 Å². The summed E-state index contributed by atoms with van der Waals surface area (Å²) in [6.07, 6.45) is -2.59. The Balaban J connectivity index is 2.44. The van der Waals surface area contributed by atoms with Gasteiger partial charge in [-0.3, -0.25) is 0 Å². The molecule has 1 aromatic heterocycles. The zero-order valence-electron chi connectivity index (χ0n) is 9.35. The minimum absolute atomic E-state index is 0.104. The summed E-state index contributed by atoms with van der Waals surface area (Å²) < 4.78 is 30.0. The van der Waals surface area contributed by atoms with E-state index in [2.05, 4.69) is 9.68 Å². The van der Waals surface area contributed by atoms with Gasteiger partial charge in [-0.15, -0.1) is 0 Å². The molecule has 0 aliphatic rings. The molecule has 0 fully saturated rings. The second-order valence-corrected chi connectivity index (χ2v) is 3.75. The van der Waals surface area contributed by atoms with E-state index in [0.29, 0.717) is 11.1 Å². The van der Waals surface area contributed by atoms with Crippen molar-refractivity contribution in [1.29, 1.82) is 0 Å². The van der Waals surface area contributed by atoms with Crippen molar-refractivity contribution >= 4 is 5.97 Å². The van der Waals surface area contributed by atoms with E-state index in [0.717, 1.165) is 0 Å². The molecule has 0 saturated heterocycles. The lowest BCUT2D eigenvalue weighted by molar-refractivity contribution is 0.0652. The average Bonchev–Trinajstić information content (AvgIpc) is 2.78. The second-order valence-electron chi connectivity index (χ2n) is 3.75. The largest absolute Gasteiger partial charge is 0.475 e. The summed E-state index contributed by atoms with van der Waals surface area (Å²) >= 11 is 0. The topological polar surface area (TPSA) is 63.3 Å². The van der Waals surface area contributed by atoms with Crippen LogP contribution < -0.4 is 0 Å². The maximum absolute atomic E-state index is 12.7.